The normalized spacial score (nSPS) is 19.8. The van der Waals surface area contributed by atoms with Gasteiger partial charge in [0, 0.05) is 25.5 Å². The number of ether oxygens (including phenoxy) is 1. The Morgan fingerprint density at radius 2 is 2.20 bits per heavy atom. The van der Waals surface area contributed by atoms with Gasteiger partial charge in [0.05, 0.1) is 24.5 Å². The Balaban J connectivity index is 1.56. The van der Waals surface area contributed by atoms with Gasteiger partial charge in [-0.15, -0.1) is 0 Å². The maximum Gasteiger partial charge on any atom is 0.414 e. The van der Waals surface area contributed by atoms with Crippen LogP contribution in [0.25, 0.3) is 0 Å². The van der Waals surface area contributed by atoms with Gasteiger partial charge in [0.2, 0.25) is 0 Å². The van der Waals surface area contributed by atoms with E-state index >= 15 is 0 Å². The molecule has 1 N–H and O–H groups in total. The predicted molar refractivity (Wildman–Crippen MR) is 90.1 cm³/mol. The van der Waals surface area contributed by atoms with Crippen molar-refractivity contribution in [3.05, 3.63) is 53.6 Å². The van der Waals surface area contributed by atoms with Crippen LogP contribution in [0.1, 0.15) is 11.1 Å². The molecule has 1 atom stereocenters. The highest BCUT2D eigenvalue weighted by atomic mass is 19.1. The summed E-state index contributed by atoms with van der Waals surface area (Å²) < 4.78 is 19.7. The van der Waals surface area contributed by atoms with Gasteiger partial charge >= 0.3 is 6.09 Å². The van der Waals surface area contributed by atoms with Gasteiger partial charge < -0.3 is 14.7 Å². The van der Waals surface area contributed by atoms with Crippen molar-refractivity contribution in [2.45, 2.75) is 19.1 Å². The highest BCUT2D eigenvalue weighted by Crippen LogP contribution is 2.30. The van der Waals surface area contributed by atoms with Crippen LogP contribution in [-0.2, 0) is 17.7 Å². The Morgan fingerprint density at radius 1 is 1.32 bits per heavy atom. The first-order chi connectivity index (χ1) is 12.2. The Bertz CT molecular complexity index is 814. The minimum absolute atomic E-state index is 0.219. The molecule has 0 spiro atoms. The summed E-state index contributed by atoms with van der Waals surface area (Å²) in [5.74, 6) is -0.384. The zero-order valence-electron chi connectivity index (χ0n) is 13.6. The molecule has 2 aromatic rings. The van der Waals surface area contributed by atoms with Crippen LogP contribution >= 0.6 is 0 Å². The lowest BCUT2D eigenvalue weighted by Crippen LogP contribution is -2.31. The van der Waals surface area contributed by atoms with Gasteiger partial charge in [-0.25, -0.2) is 9.18 Å². The van der Waals surface area contributed by atoms with Crippen molar-refractivity contribution in [2.75, 3.05) is 29.5 Å². The molecule has 4 rings (SSSR count). The molecule has 0 bridgehead atoms. The number of carbonyl (C=O) groups excluding carboxylic acids is 1. The summed E-state index contributed by atoms with van der Waals surface area (Å²) in [7, 11) is 0. The molecule has 0 unspecified atom stereocenters. The Kier molecular flexibility index (Phi) is 4.01. The average molecular weight is 343 g/mol. The van der Waals surface area contributed by atoms with E-state index in [-0.39, 0.29) is 19.0 Å². The molecule has 2 aliphatic heterocycles. The standard InChI is InChI=1S/C18H18FN3O3/c19-16-7-14(22-10-15(11-23)25-18(22)24)1-2-17(16)21-6-4-12-3-5-20-8-13(12)9-21/h1-3,5,7-8,15,23H,4,6,9-11H2/t15-/m1/s1. The van der Waals surface area contributed by atoms with Crippen LogP contribution in [0, 0.1) is 5.82 Å². The summed E-state index contributed by atoms with van der Waals surface area (Å²) in [4.78, 5) is 19.3. The first kappa shape index (κ1) is 15.8. The first-order valence-electron chi connectivity index (χ1n) is 8.21. The summed E-state index contributed by atoms with van der Waals surface area (Å²) in [5.41, 5.74) is 3.29. The third kappa shape index (κ3) is 2.91. The van der Waals surface area contributed by atoms with Crippen molar-refractivity contribution in [2.24, 2.45) is 0 Å². The van der Waals surface area contributed by atoms with Crippen molar-refractivity contribution in [1.29, 1.82) is 0 Å². The minimum Gasteiger partial charge on any atom is -0.441 e. The van der Waals surface area contributed by atoms with Crippen molar-refractivity contribution < 1.29 is 19.0 Å². The molecule has 1 fully saturated rings. The third-order valence-electron chi connectivity index (χ3n) is 4.68. The second kappa shape index (κ2) is 6.33. The van der Waals surface area contributed by atoms with Crippen LogP contribution in [0.4, 0.5) is 20.6 Å². The average Bonchev–Trinajstić information content (AvgIpc) is 3.02. The molecule has 1 aromatic carbocycles. The van der Waals surface area contributed by atoms with Gasteiger partial charge in [0.15, 0.2) is 0 Å². The molecule has 2 aliphatic rings. The lowest BCUT2D eigenvalue weighted by atomic mass is 10.0. The molecule has 25 heavy (non-hydrogen) atoms. The van der Waals surface area contributed by atoms with E-state index in [0.717, 1.165) is 18.5 Å². The number of anilines is 2. The van der Waals surface area contributed by atoms with E-state index in [1.807, 2.05) is 17.2 Å². The second-order valence-electron chi connectivity index (χ2n) is 6.25. The smallest absolute Gasteiger partial charge is 0.414 e. The zero-order chi connectivity index (χ0) is 17.4. The zero-order valence-corrected chi connectivity index (χ0v) is 13.6. The molecule has 6 nitrogen and oxygen atoms in total. The predicted octanol–water partition coefficient (Wildman–Crippen LogP) is 2.10. The molecule has 1 amide bonds. The van der Waals surface area contributed by atoms with Crippen LogP contribution in [0.5, 0.6) is 0 Å². The summed E-state index contributed by atoms with van der Waals surface area (Å²) in [5, 5.41) is 9.11. The fourth-order valence-corrected chi connectivity index (χ4v) is 3.34. The number of hydrogen-bond donors (Lipinski definition) is 1. The van der Waals surface area contributed by atoms with E-state index in [2.05, 4.69) is 4.98 Å². The Morgan fingerprint density at radius 3 is 2.96 bits per heavy atom. The molecule has 1 aromatic heterocycles. The van der Waals surface area contributed by atoms with E-state index in [9.17, 15) is 9.18 Å². The molecule has 130 valence electrons. The van der Waals surface area contributed by atoms with E-state index in [4.69, 9.17) is 9.84 Å². The minimum atomic E-state index is -0.568. The summed E-state index contributed by atoms with van der Waals surface area (Å²) in [6, 6.07) is 6.74. The number of fused-ring (bicyclic) bond motifs is 1. The number of benzene rings is 1. The maximum absolute atomic E-state index is 14.7. The SMILES string of the molecule is O=C1O[C@@H](CO)CN1c1ccc(N2CCc3ccncc3C2)c(F)c1. The van der Waals surface area contributed by atoms with Crippen LogP contribution in [0.2, 0.25) is 0 Å². The number of hydrogen-bond acceptors (Lipinski definition) is 5. The number of amides is 1. The number of aliphatic hydroxyl groups is 1. The quantitative estimate of drug-likeness (QED) is 0.925. The number of pyridine rings is 1. The lowest BCUT2D eigenvalue weighted by Gasteiger charge is -2.31. The third-order valence-corrected chi connectivity index (χ3v) is 4.68. The van der Waals surface area contributed by atoms with Crippen LogP contribution in [0.15, 0.2) is 36.7 Å². The molecule has 7 heteroatoms. The van der Waals surface area contributed by atoms with Crippen LogP contribution in [0.3, 0.4) is 0 Å². The first-order valence-corrected chi connectivity index (χ1v) is 8.21. The highest BCUT2D eigenvalue weighted by molar-refractivity contribution is 5.90. The molecular weight excluding hydrogens is 325 g/mol. The molecule has 1 saturated heterocycles. The van der Waals surface area contributed by atoms with Gasteiger partial charge in [-0.05, 0) is 41.8 Å². The van der Waals surface area contributed by atoms with Crippen molar-refractivity contribution >= 4 is 17.5 Å². The Hall–Kier alpha value is -2.67. The van der Waals surface area contributed by atoms with Gasteiger partial charge in [-0.3, -0.25) is 9.88 Å². The summed E-state index contributed by atoms with van der Waals surface area (Å²) >= 11 is 0. The molecule has 0 aliphatic carbocycles. The van der Waals surface area contributed by atoms with Gasteiger partial charge in [0.25, 0.3) is 0 Å². The lowest BCUT2D eigenvalue weighted by molar-refractivity contribution is 0.0963. The van der Waals surface area contributed by atoms with Crippen LogP contribution < -0.4 is 9.80 Å². The number of rotatable bonds is 3. The summed E-state index contributed by atoms with van der Waals surface area (Å²) in [6.07, 6.45) is 3.31. The van der Waals surface area contributed by atoms with E-state index in [0.29, 0.717) is 17.9 Å². The topological polar surface area (TPSA) is 65.9 Å². The van der Waals surface area contributed by atoms with E-state index in [1.165, 1.54) is 16.5 Å². The largest absolute Gasteiger partial charge is 0.441 e. The second-order valence-corrected chi connectivity index (χ2v) is 6.25. The fourth-order valence-electron chi connectivity index (χ4n) is 3.34. The van der Waals surface area contributed by atoms with Crippen molar-refractivity contribution in [3.63, 3.8) is 0 Å². The number of carbonyl (C=O) groups is 1. The molecule has 0 radical (unpaired) electrons. The Labute approximate surface area is 144 Å². The molecule has 3 heterocycles. The van der Waals surface area contributed by atoms with Crippen LogP contribution in [-0.4, -0.2) is 42.0 Å². The monoisotopic (exact) mass is 343 g/mol. The number of cyclic esters (lactones) is 1. The van der Waals surface area contributed by atoms with E-state index in [1.54, 1.807) is 18.3 Å². The number of halogens is 1. The fraction of sp³-hybridized carbons (Fsp3) is 0.333. The number of nitrogens with zero attached hydrogens (tertiary/aromatic N) is 3. The molecular formula is C18H18FN3O3. The van der Waals surface area contributed by atoms with Gasteiger partial charge in [-0.1, -0.05) is 0 Å². The maximum atomic E-state index is 14.7. The van der Waals surface area contributed by atoms with Gasteiger partial charge in [-0.2, -0.15) is 0 Å². The van der Waals surface area contributed by atoms with Crippen molar-refractivity contribution in [3.8, 4) is 0 Å². The number of aliphatic hydroxyl groups excluding tert-OH is 1. The van der Waals surface area contributed by atoms with Gasteiger partial charge in [0.1, 0.15) is 11.9 Å². The van der Waals surface area contributed by atoms with E-state index < -0.39 is 12.2 Å². The summed E-state index contributed by atoms with van der Waals surface area (Å²) in [6.45, 7) is 1.31. The van der Waals surface area contributed by atoms with Crippen molar-refractivity contribution in [1.82, 2.24) is 4.98 Å². The number of aromatic nitrogens is 1. The highest BCUT2D eigenvalue weighted by Gasteiger charge is 2.32. The molecule has 0 saturated carbocycles.